The molecule has 2 amide bonds. The lowest BCUT2D eigenvalue weighted by Crippen LogP contribution is -2.41. The number of carbonyl (C=O) groups excluding carboxylic acids is 2. The van der Waals surface area contributed by atoms with Gasteiger partial charge in [0.15, 0.2) is 0 Å². The second-order valence-corrected chi connectivity index (χ2v) is 7.57. The number of hydrogen-bond acceptors (Lipinski definition) is 3. The van der Waals surface area contributed by atoms with Crippen LogP contribution >= 0.6 is 34.8 Å². The third-order valence-electron chi connectivity index (χ3n) is 3.83. The lowest BCUT2D eigenvalue weighted by molar-refractivity contribution is 0.0921. The Morgan fingerprint density at radius 2 is 1.28 bits per heavy atom. The number of aromatic nitrogens is 1. The molecule has 140 valence electrons. The number of rotatable bonds is 8. The van der Waals surface area contributed by atoms with Crippen molar-refractivity contribution >= 4 is 46.6 Å². The molecule has 1 heterocycles. The third-order valence-corrected chi connectivity index (χ3v) is 4.71. The van der Waals surface area contributed by atoms with Crippen LogP contribution in [0.5, 0.6) is 0 Å². The van der Waals surface area contributed by atoms with E-state index in [1.807, 2.05) is 27.7 Å². The summed E-state index contributed by atoms with van der Waals surface area (Å²) >= 11 is 17.8. The SMILES string of the molecule is CC(C)[C@@H](CCl)NC(=O)c1cc(Cl)cc(C(=O)N[C@H](CCl)C(C)C)n1. The van der Waals surface area contributed by atoms with Crippen LogP contribution in [0.15, 0.2) is 12.1 Å². The second kappa shape index (κ2) is 10.2. The van der Waals surface area contributed by atoms with Gasteiger partial charge in [-0.15, -0.1) is 23.2 Å². The van der Waals surface area contributed by atoms with E-state index in [1.54, 1.807) is 0 Å². The molecule has 1 aromatic heterocycles. The van der Waals surface area contributed by atoms with Gasteiger partial charge in [0.05, 0.1) is 0 Å². The average molecular weight is 409 g/mol. The van der Waals surface area contributed by atoms with Crippen molar-refractivity contribution in [1.29, 1.82) is 0 Å². The Kier molecular flexibility index (Phi) is 8.97. The summed E-state index contributed by atoms with van der Waals surface area (Å²) < 4.78 is 0. The van der Waals surface area contributed by atoms with E-state index in [1.165, 1.54) is 12.1 Å². The van der Waals surface area contributed by atoms with Gasteiger partial charge in [-0.1, -0.05) is 39.3 Å². The highest BCUT2D eigenvalue weighted by Gasteiger charge is 2.21. The molecule has 5 nitrogen and oxygen atoms in total. The first-order valence-electron chi connectivity index (χ1n) is 8.10. The molecular formula is C17H24Cl3N3O2. The van der Waals surface area contributed by atoms with Crippen molar-refractivity contribution in [2.24, 2.45) is 11.8 Å². The van der Waals surface area contributed by atoms with Crippen molar-refractivity contribution < 1.29 is 9.59 Å². The predicted octanol–water partition coefficient (Wildman–Crippen LogP) is 3.72. The number of carbonyl (C=O) groups is 2. The Morgan fingerprint density at radius 3 is 1.56 bits per heavy atom. The van der Waals surface area contributed by atoms with Crippen molar-refractivity contribution in [3.63, 3.8) is 0 Å². The molecule has 0 aliphatic rings. The molecule has 1 rings (SSSR count). The molecule has 0 aliphatic carbocycles. The van der Waals surface area contributed by atoms with Gasteiger partial charge in [-0.2, -0.15) is 0 Å². The largest absolute Gasteiger partial charge is 0.347 e. The minimum atomic E-state index is -0.423. The number of hydrogen-bond donors (Lipinski definition) is 2. The van der Waals surface area contributed by atoms with Crippen molar-refractivity contribution in [1.82, 2.24) is 15.6 Å². The van der Waals surface area contributed by atoms with Gasteiger partial charge in [0.2, 0.25) is 0 Å². The Hall–Kier alpha value is -1.04. The van der Waals surface area contributed by atoms with Crippen LogP contribution in [-0.4, -0.2) is 40.6 Å². The van der Waals surface area contributed by atoms with Crippen LogP contribution < -0.4 is 10.6 Å². The van der Waals surface area contributed by atoms with Crippen molar-refractivity contribution in [2.75, 3.05) is 11.8 Å². The third kappa shape index (κ3) is 6.65. The summed E-state index contributed by atoms with van der Waals surface area (Å²) in [6.45, 7) is 7.82. The summed E-state index contributed by atoms with van der Waals surface area (Å²) in [5.41, 5.74) is 0.140. The number of nitrogens with zero attached hydrogens (tertiary/aromatic N) is 1. The van der Waals surface area contributed by atoms with Crippen LogP contribution in [0.3, 0.4) is 0 Å². The summed E-state index contributed by atoms with van der Waals surface area (Å²) in [5, 5.41) is 5.86. The van der Waals surface area contributed by atoms with E-state index in [0.717, 1.165) is 0 Å². The van der Waals surface area contributed by atoms with E-state index >= 15 is 0 Å². The molecule has 0 bridgehead atoms. The highest BCUT2D eigenvalue weighted by Crippen LogP contribution is 2.14. The van der Waals surface area contributed by atoms with Crippen molar-refractivity contribution in [2.45, 2.75) is 39.8 Å². The van der Waals surface area contributed by atoms with Gasteiger partial charge < -0.3 is 10.6 Å². The van der Waals surface area contributed by atoms with Crippen LogP contribution in [0.4, 0.5) is 0 Å². The summed E-state index contributed by atoms with van der Waals surface area (Å²) in [6.07, 6.45) is 0. The van der Waals surface area contributed by atoms with Crippen molar-refractivity contribution in [3.05, 3.63) is 28.5 Å². The zero-order valence-electron chi connectivity index (χ0n) is 14.8. The van der Waals surface area contributed by atoms with Crippen molar-refractivity contribution in [3.8, 4) is 0 Å². The first-order valence-corrected chi connectivity index (χ1v) is 9.55. The molecule has 0 unspecified atom stereocenters. The topological polar surface area (TPSA) is 71.1 Å². The predicted molar refractivity (Wildman–Crippen MR) is 103 cm³/mol. The Labute approximate surface area is 163 Å². The fraction of sp³-hybridized carbons (Fsp3) is 0.588. The van der Waals surface area contributed by atoms with Crippen LogP contribution in [0, 0.1) is 11.8 Å². The van der Waals surface area contributed by atoms with Gasteiger partial charge in [-0.05, 0) is 24.0 Å². The Bertz CT molecular complexity index is 561. The molecule has 0 aromatic carbocycles. The van der Waals surface area contributed by atoms with Crippen LogP contribution in [0.25, 0.3) is 0 Å². The first-order chi connectivity index (χ1) is 11.7. The molecule has 0 saturated heterocycles. The van der Waals surface area contributed by atoms with Crippen LogP contribution in [-0.2, 0) is 0 Å². The van der Waals surface area contributed by atoms with E-state index in [4.69, 9.17) is 34.8 Å². The van der Waals surface area contributed by atoms with Gasteiger partial charge in [-0.3, -0.25) is 9.59 Å². The van der Waals surface area contributed by atoms with E-state index in [2.05, 4.69) is 15.6 Å². The lowest BCUT2D eigenvalue weighted by Gasteiger charge is -2.20. The molecule has 0 aliphatic heterocycles. The van der Waals surface area contributed by atoms with E-state index in [-0.39, 0.29) is 52.1 Å². The number of nitrogens with one attached hydrogen (secondary N) is 2. The molecule has 0 radical (unpaired) electrons. The van der Waals surface area contributed by atoms with Crippen LogP contribution in [0.2, 0.25) is 5.02 Å². The lowest BCUT2D eigenvalue weighted by atomic mass is 10.1. The van der Waals surface area contributed by atoms with E-state index in [0.29, 0.717) is 0 Å². The normalized spacial score (nSPS) is 13.6. The second-order valence-electron chi connectivity index (χ2n) is 6.51. The Morgan fingerprint density at radius 1 is 0.920 bits per heavy atom. The molecule has 25 heavy (non-hydrogen) atoms. The molecule has 2 N–H and O–H groups in total. The first kappa shape index (κ1) is 22.0. The minimum absolute atomic E-state index is 0.0698. The average Bonchev–Trinajstić information content (AvgIpc) is 2.55. The summed E-state index contributed by atoms with van der Waals surface area (Å²) in [7, 11) is 0. The number of alkyl halides is 2. The molecule has 2 atom stereocenters. The molecule has 0 fully saturated rings. The zero-order chi connectivity index (χ0) is 19.1. The maximum atomic E-state index is 12.4. The number of pyridine rings is 1. The molecule has 8 heteroatoms. The van der Waals surface area contributed by atoms with E-state index < -0.39 is 11.8 Å². The summed E-state index contributed by atoms with van der Waals surface area (Å²) in [6, 6.07) is 2.43. The number of halogens is 3. The summed E-state index contributed by atoms with van der Waals surface area (Å²) in [4.78, 5) is 28.9. The summed E-state index contributed by atoms with van der Waals surface area (Å²) in [5.74, 6) is 0.0480. The fourth-order valence-electron chi connectivity index (χ4n) is 1.98. The Balaban J connectivity index is 2.99. The highest BCUT2D eigenvalue weighted by atomic mass is 35.5. The molecule has 0 saturated carbocycles. The molecule has 1 aromatic rings. The maximum absolute atomic E-state index is 12.4. The smallest absolute Gasteiger partial charge is 0.270 e. The van der Waals surface area contributed by atoms with Gasteiger partial charge in [0.1, 0.15) is 11.4 Å². The van der Waals surface area contributed by atoms with Gasteiger partial charge >= 0.3 is 0 Å². The van der Waals surface area contributed by atoms with E-state index in [9.17, 15) is 9.59 Å². The monoisotopic (exact) mass is 407 g/mol. The standard InChI is InChI=1S/C17H24Cl3N3O2/c1-9(2)14(7-18)22-16(24)12-5-11(20)6-13(21-12)17(25)23-15(8-19)10(3)4/h5-6,9-10,14-15H,7-8H2,1-4H3,(H,22,24)(H,23,25)/t14-,15-/m1/s1. The fourth-order valence-corrected chi connectivity index (χ4v) is 3.06. The van der Waals surface area contributed by atoms with Crippen LogP contribution in [0.1, 0.15) is 48.7 Å². The van der Waals surface area contributed by atoms with Gasteiger partial charge in [0.25, 0.3) is 11.8 Å². The quantitative estimate of drug-likeness (QED) is 0.644. The zero-order valence-corrected chi connectivity index (χ0v) is 17.0. The highest BCUT2D eigenvalue weighted by molar-refractivity contribution is 6.31. The van der Waals surface area contributed by atoms with Gasteiger partial charge in [0, 0.05) is 28.9 Å². The molecular weight excluding hydrogens is 385 g/mol. The maximum Gasteiger partial charge on any atom is 0.270 e. The number of amides is 2. The molecule has 0 spiro atoms. The van der Waals surface area contributed by atoms with Gasteiger partial charge in [-0.25, -0.2) is 4.98 Å². The minimum Gasteiger partial charge on any atom is -0.347 e.